The first-order chi connectivity index (χ1) is 14.9. The van der Waals surface area contributed by atoms with Crippen LogP contribution in [0.5, 0.6) is 0 Å². The summed E-state index contributed by atoms with van der Waals surface area (Å²) in [7, 11) is -2.86. The average molecular weight is 472 g/mol. The minimum Gasteiger partial charge on any atom is -0.444 e. The summed E-state index contributed by atoms with van der Waals surface area (Å²) in [5, 5.41) is 7.48. The highest BCUT2D eigenvalue weighted by atomic mass is 32.2. The number of carbonyl (C=O) groups is 2. The molecular weight excluding hydrogens is 446 g/mol. The molecule has 0 fully saturated rings. The summed E-state index contributed by atoms with van der Waals surface area (Å²) in [5.74, 6) is -0.403. The van der Waals surface area contributed by atoms with E-state index >= 15 is 0 Å². The lowest BCUT2D eigenvalue weighted by atomic mass is 10.1. The Labute approximate surface area is 191 Å². The number of carbonyl (C=O) groups excluding carboxylic acids is 2. The zero-order valence-electron chi connectivity index (χ0n) is 18.2. The largest absolute Gasteiger partial charge is 0.444 e. The van der Waals surface area contributed by atoms with Crippen molar-refractivity contribution in [2.45, 2.75) is 31.3 Å². The van der Waals surface area contributed by atoms with E-state index < -0.39 is 27.3 Å². The van der Waals surface area contributed by atoms with Crippen LogP contribution in [0.25, 0.3) is 10.4 Å². The van der Waals surface area contributed by atoms with Crippen LogP contribution < -0.4 is 10.6 Å². The first kappa shape index (κ1) is 23.5. The van der Waals surface area contributed by atoms with Crippen molar-refractivity contribution in [2.24, 2.45) is 0 Å². The van der Waals surface area contributed by atoms with Crippen LogP contribution in [0.15, 0.2) is 64.9 Å². The quantitative estimate of drug-likeness (QED) is 0.421. The molecular formula is C23H25N3O4S2. The number of ether oxygens (including phenoxy) is 1. The maximum Gasteiger partial charge on any atom is 0.412 e. The number of rotatable bonds is 5. The highest BCUT2D eigenvalue weighted by molar-refractivity contribution is 7.91. The lowest BCUT2D eigenvalue weighted by Gasteiger charge is -2.21. The van der Waals surface area contributed by atoms with Gasteiger partial charge in [-0.05, 0) is 74.2 Å². The Hall–Kier alpha value is -3.17. The topological polar surface area (TPSA) is 108 Å². The molecule has 0 saturated carbocycles. The van der Waals surface area contributed by atoms with Gasteiger partial charge in [0.15, 0.2) is 0 Å². The highest BCUT2D eigenvalue weighted by Gasteiger charge is 2.19. The van der Waals surface area contributed by atoms with E-state index in [1.165, 1.54) is 30.5 Å². The molecule has 32 heavy (non-hydrogen) atoms. The van der Waals surface area contributed by atoms with Crippen molar-refractivity contribution in [1.29, 1.82) is 4.78 Å². The number of thiophene rings is 1. The maximum atomic E-state index is 12.9. The van der Waals surface area contributed by atoms with Crippen molar-refractivity contribution in [3.63, 3.8) is 0 Å². The van der Waals surface area contributed by atoms with Gasteiger partial charge in [-0.25, -0.2) is 13.8 Å². The third kappa shape index (κ3) is 6.18. The Bertz CT molecular complexity index is 1230. The van der Waals surface area contributed by atoms with Gasteiger partial charge in [-0.15, -0.1) is 11.3 Å². The number of benzene rings is 2. The molecule has 2 aromatic carbocycles. The molecule has 0 saturated heterocycles. The van der Waals surface area contributed by atoms with Crippen LogP contribution >= 0.6 is 11.3 Å². The number of hydrogen-bond donors (Lipinski definition) is 3. The molecule has 2 amide bonds. The zero-order valence-corrected chi connectivity index (χ0v) is 19.9. The van der Waals surface area contributed by atoms with E-state index in [9.17, 15) is 13.8 Å². The van der Waals surface area contributed by atoms with Gasteiger partial charge in [0.05, 0.1) is 21.1 Å². The molecule has 3 N–H and O–H groups in total. The molecule has 0 aliphatic rings. The molecule has 0 spiro atoms. The second-order valence-electron chi connectivity index (χ2n) is 8.19. The van der Waals surface area contributed by atoms with E-state index in [0.29, 0.717) is 21.8 Å². The first-order valence-corrected chi connectivity index (χ1v) is 12.6. The van der Waals surface area contributed by atoms with Crippen molar-refractivity contribution in [3.05, 3.63) is 65.5 Å². The van der Waals surface area contributed by atoms with Crippen molar-refractivity contribution >= 4 is 44.4 Å². The fourth-order valence-electron chi connectivity index (χ4n) is 2.83. The summed E-state index contributed by atoms with van der Waals surface area (Å²) in [6.45, 7) is 5.30. The van der Waals surface area contributed by atoms with Crippen molar-refractivity contribution in [3.8, 4) is 10.4 Å². The monoisotopic (exact) mass is 471 g/mol. The Morgan fingerprint density at radius 1 is 1.00 bits per heavy atom. The molecule has 1 heterocycles. The molecule has 168 valence electrons. The number of amides is 2. The molecule has 9 heteroatoms. The zero-order chi connectivity index (χ0) is 23.5. The molecule has 3 aromatic rings. The van der Waals surface area contributed by atoms with Gasteiger partial charge >= 0.3 is 6.09 Å². The van der Waals surface area contributed by atoms with Crippen LogP contribution in [-0.4, -0.2) is 28.1 Å². The minimum absolute atomic E-state index is 0.335. The van der Waals surface area contributed by atoms with Crippen LogP contribution in [0, 0.1) is 4.78 Å². The number of hydrogen-bond acceptors (Lipinski definition) is 6. The van der Waals surface area contributed by atoms with E-state index in [2.05, 4.69) is 10.6 Å². The van der Waals surface area contributed by atoms with Gasteiger partial charge in [0.25, 0.3) is 5.91 Å². The second kappa shape index (κ2) is 9.13. The van der Waals surface area contributed by atoms with Gasteiger partial charge in [0, 0.05) is 21.6 Å². The summed E-state index contributed by atoms with van der Waals surface area (Å²) < 4.78 is 24.9. The Balaban J connectivity index is 1.90. The normalized spacial score (nSPS) is 13.1. The van der Waals surface area contributed by atoms with E-state index in [0.717, 1.165) is 10.4 Å². The molecule has 0 aliphatic carbocycles. The van der Waals surface area contributed by atoms with Crippen molar-refractivity contribution in [2.75, 3.05) is 16.9 Å². The molecule has 7 nitrogen and oxygen atoms in total. The van der Waals surface area contributed by atoms with E-state index in [1.807, 2.05) is 23.6 Å². The first-order valence-electron chi connectivity index (χ1n) is 9.75. The van der Waals surface area contributed by atoms with E-state index in [1.54, 1.807) is 44.2 Å². The van der Waals surface area contributed by atoms with Crippen LogP contribution in [0.4, 0.5) is 16.2 Å². The Morgan fingerprint density at radius 2 is 1.69 bits per heavy atom. The third-order valence-electron chi connectivity index (χ3n) is 4.28. The predicted molar refractivity (Wildman–Crippen MR) is 129 cm³/mol. The van der Waals surface area contributed by atoms with Crippen molar-refractivity contribution < 1.29 is 18.5 Å². The predicted octanol–water partition coefficient (Wildman–Crippen LogP) is 6.05. The van der Waals surface area contributed by atoms with Crippen LogP contribution in [-0.2, 0) is 14.5 Å². The Kier molecular flexibility index (Phi) is 6.71. The molecule has 0 radical (unpaired) electrons. The van der Waals surface area contributed by atoms with Gasteiger partial charge < -0.3 is 10.1 Å². The van der Waals surface area contributed by atoms with Gasteiger partial charge in [-0.3, -0.25) is 10.1 Å². The minimum atomic E-state index is -2.86. The SMILES string of the molecule is CC(C)(C)OC(=O)Nc1ccc(-c2cccs2)cc1NC(=O)c1ccc(S(C)(=N)=O)cc1. The molecule has 1 unspecified atom stereocenters. The molecule has 0 bridgehead atoms. The van der Waals surface area contributed by atoms with Gasteiger partial charge in [0.2, 0.25) is 0 Å². The molecule has 1 atom stereocenters. The van der Waals surface area contributed by atoms with Gasteiger partial charge in [0.1, 0.15) is 5.60 Å². The Morgan fingerprint density at radius 3 is 2.25 bits per heavy atom. The highest BCUT2D eigenvalue weighted by Crippen LogP contribution is 2.32. The second-order valence-corrected chi connectivity index (χ2v) is 11.3. The summed E-state index contributed by atoms with van der Waals surface area (Å²) in [5.41, 5.74) is 1.37. The fourth-order valence-corrected chi connectivity index (χ4v) is 4.21. The number of nitrogens with one attached hydrogen (secondary N) is 3. The van der Waals surface area contributed by atoms with Crippen molar-refractivity contribution in [1.82, 2.24) is 0 Å². The fraction of sp³-hybridized carbons (Fsp3) is 0.217. The average Bonchev–Trinajstić information content (AvgIpc) is 3.22. The van der Waals surface area contributed by atoms with Crippen LogP contribution in [0.3, 0.4) is 0 Å². The van der Waals surface area contributed by atoms with Gasteiger partial charge in [-0.1, -0.05) is 12.1 Å². The maximum absolute atomic E-state index is 12.9. The standard InChI is InChI=1S/C23H25N3O4S2/c1-23(2,3)30-22(28)26-18-12-9-16(20-6-5-13-31-20)14-19(18)25-21(27)15-7-10-17(11-8-15)32(4,24)29/h5-14,24H,1-4H3,(H,25,27)(H,26,28). The molecule has 1 aromatic heterocycles. The lowest BCUT2D eigenvalue weighted by Crippen LogP contribution is -2.27. The van der Waals surface area contributed by atoms with E-state index in [4.69, 9.17) is 9.52 Å². The van der Waals surface area contributed by atoms with Crippen LogP contribution in [0.1, 0.15) is 31.1 Å². The van der Waals surface area contributed by atoms with Gasteiger partial charge in [-0.2, -0.15) is 0 Å². The smallest absolute Gasteiger partial charge is 0.412 e. The summed E-state index contributed by atoms with van der Waals surface area (Å²) >= 11 is 1.56. The number of anilines is 2. The van der Waals surface area contributed by atoms with E-state index in [-0.39, 0.29) is 0 Å². The lowest BCUT2D eigenvalue weighted by molar-refractivity contribution is 0.0635. The summed E-state index contributed by atoms with van der Waals surface area (Å²) in [6, 6.07) is 15.3. The summed E-state index contributed by atoms with van der Waals surface area (Å²) in [4.78, 5) is 26.5. The third-order valence-corrected chi connectivity index (χ3v) is 6.37. The molecule has 3 rings (SSSR count). The summed E-state index contributed by atoms with van der Waals surface area (Å²) in [6.07, 6.45) is 0.696. The molecule has 0 aliphatic heterocycles. The van der Waals surface area contributed by atoms with Crippen LogP contribution in [0.2, 0.25) is 0 Å².